The number of esters is 1. The second-order valence-corrected chi connectivity index (χ2v) is 12.5. The number of aromatic hydroxyl groups is 1. The maximum atomic E-state index is 13.1. The molecular formula is C36H36N6O7S. The van der Waals surface area contributed by atoms with Crippen LogP contribution in [0.3, 0.4) is 0 Å². The van der Waals surface area contributed by atoms with E-state index in [1.807, 2.05) is 60.7 Å². The van der Waals surface area contributed by atoms with E-state index in [-0.39, 0.29) is 31.0 Å². The molecule has 2 heterocycles. The number of thioether (sulfide) groups is 1. The quantitative estimate of drug-likeness (QED) is 0.101. The number of nitrogens with zero attached hydrogens (tertiary/aromatic N) is 4. The van der Waals surface area contributed by atoms with Crippen LogP contribution >= 0.6 is 11.8 Å². The zero-order valence-electron chi connectivity index (χ0n) is 27.1. The second kappa shape index (κ2) is 16.4. The Bertz CT molecular complexity index is 1870. The molecule has 50 heavy (non-hydrogen) atoms. The Labute approximate surface area is 292 Å². The van der Waals surface area contributed by atoms with Crippen LogP contribution in [0.25, 0.3) is 5.69 Å². The summed E-state index contributed by atoms with van der Waals surface area (Å²) >= 11 is 1.43. The number of ether oxygens (including phenoxy) is 3. The van der Waals surface area contributed by atoms with Crippen LogP contribution < -0.4 is 10.6 Å². The molecule has 6 rings (SSSR count). The van der Waals surface area contributed by atoms with Crippen LogP contribution in [0, 0.1) is 0 Å². The van der Waals surface area contributed by atoms with Gasteiger partial charge in [0.05, 0.1) is 31.6 Å². The van der Waals surface area contributed by atoms with Gasteiger partial charge in [0.1, 0.15) is 11.8 Å². The van der Waals surface area contributed by atoms with Crippen molar-refractivity contribution in [3.05, 3.63) is 125 Å². The van der Waals surface area contributed by atoms with Gasteiger partial charge in [0.15, 0.2) is 6.29 Å². The predicted octanol–water partition coefficient (Wildman–Crippen LogP) is 5.10. The molecule has 14 heteroatoms. The van der Waals surface area contributed by atoms with Gasteiger partial charge in [-0.1, -0.05) is 78.5 Å². The molecule has 4 atom stereocenters. The maximum absolute atomic E-state index is 13.1. The Morgan fingerprint density at radius 1 is 0.960 bits per heavy atom. The SMILES string of the molecule is COC(=O)[C@H](Cc1ccccc1)NC(=O)Nc1cccc([C@H]2O[C@@H](CSc3nnnn3-c3ccc(O)cc3)C[C@@H](c3ccc(CO)cc3)O2)c1. The molecule has 1 fully saturated rings. The number of amides is 2. The fourth-order valence-electron chi connectivity index (χ4n) is 5.49. The molecule has 258 valence electrons. The number of urea groups is 1. The molecule has 2 amide bonds. The molecule has 0 bridgehead atoms. The summed E-state index contributed by atoms with van der Waals surface area (Å²) in [7, 11) is 1.28. The van der Waals surface area contributed by atoms with Gasteiger partial charge in [-0.3, -0.25) is 0 Å². The van der Waals surface area contributed by atoms with Crippen LogP contribution in [0.4, 0.5) is 10.5 Å². The van der Waals surface area contributed by atoms with E-state index >= 15 is 0 Å². The average molecular weight is 697 g/mol. The number of hydrogen-bond acceptors (Lipinski definition) is 11. The van der Waals surface area contributed by atoms with Gasteiger partial charge in [0, 0.05) is 29.8 Å². The number of phenolic OH excluding ortho intramolecular Hbond substituents is 1. The first kappa shape index (κ1) is 34.6. The molecule has 1 aliphatic rings. The molecule has 1 aromatic heterocycles. The first-order valence-electron chi connectivity index (χ1n) is 15.9. The van der Waals surface area contributed by atoms with Crippen molar-refractivity contribution in [1.29, 1.82) is 0 Å². The fraction of sp³-hybridized carbons (Fsp3) is 0.250. The van der Waals surface area contributed by atoms with E-state index in [1.54, 1.807) is 47.1 Å². The van der Waals surface area contributed by atoms with Crippen molar-refractivity contribution >= 4 is 29.4 Å². The van der Waals surface area contributed by atoms with E-state index in [4.69, 9.17) is 14.2 Å². The molecule has 1 aliphatic heterocycles. The number of anilines is 1. The molecule has 0 spiro atoms. The molecule has 0 saturated carbocycles. The Morgan fingerprint density at radius 2 is 1.74 bits per heavy atom. The van der Waals surface area contributed by atoms with Crippen molar-refractivity contribution in [2.24, 2.45) is 0 Å². The lowest BCUT2D eigenvalue weighted by molar-refractivity contribution is -0.245. The van der Waals surface area contributed by atoms with Gasteiger partial charge in [-0.2, -0.15) is 4.68 Å². The monoisotopic (exact) mass is 696 g/mol. The highest BCUT2D eigenvalue weighted by Gasteiger charge is 2.33. The number of rotatable bonds is 12. The zero-order chi connectivity index (χ0) is 34.9. The maximum Gasteiger partial charge on any atom is 0.328 e. The number of benzene rings is 4. The molecule has 1 saturated heterocycles. The molecule has 5 aromatic rings. The normalized spacial score (nSPS) is 17.8. The van der Waals surface area contributed by atoms with E-state index in [1.165, 1.54) is 18.9 Å². The fourth-order valence-corrected chi connectivity index (χ4v) is 6.40. The summed E-state index contributed by atoms with van der Waals surface area (Å²) in [6.45, 7) is -0.0629. The van der Waals surface area contributed by atoms with Gasteiger partial charge in [-0.25, -0.2) is 9.59 Å². The standard InChI is InChI=1S/C36H36N6O7S/c1-47-33(45)31(18-23-6-3-2-4-7-23)38-35(46)37-27-9-5-8-26(19-27)34-48-30(20-32(49-34)25-12-10-24(21-43)11-13-25)22-50-36-39-40-41-42(36)28-14-16-29(44)17-15-28/h2-17,19,30-32,34,43-44H,18,20-22H2,1H3,(H2,37,38,46)/t30-,31+,32+,34+/m1/s1. The Morgan fingerprint density at radius 3 is 2.48 bits per heavy atom. The summed E-state index contributed by atoms with van der Waals surface area (Å²) in [6.07, 6.45) is -0.592. The lowest BCUT2D eigenvalue weighted by Crippen LogP contribution is -2.45. The summed E-state index contributed by atoms with van der Waals surface area (Å²) in [5.74, 6) is 0.0881. The largest absolute Gasteiger partial charge is 0.508 e. The molecule has 4 N–H and O–H groups in total. The van der Waals surface area contributed by atoms with Gasteiger partial charge in [-0.15, -0.1) is 5.10 Å². The van der Waals surface area contributed by atoms with Gasteiger partial charge in [0.2, 0.25) is 5.16 Å². The van der Waals surface area contributed by atoms with E-state index < -0.39 is 24.3 Å². The first-order valence-corrected chi connectivity index (χ1v) is 16.9. The summed E-state index contributed by atoms with van der Waals surface area (Å²) < 4.78 is 19.5. The van der Waals surface area contributed by atoms with Gasteiger partial charge >= 0.3 is 12.0 Å². The third-order valence-electron chi connectivity index (χ3n) is 8.04. The highest BCUT2D eigenvalue weighted by atomic mass is 32.2. The minimum Gasteiger partial charge on any atom is -0.508 e. The second-order valence-electron chi connectivity index (χ2n) is 11.5. The van der Waals surface area contributed by atoms with Crippen LogP contribution in [0.2, 0.25) is 0 Å². The van der Waals surface area contributed by atoms with E-state index in [9.17, 15) is 19.8 Å². The van der Waals surface area contributed by atoms with Crippen LogP contribution in [0.5, 0.6) is 5.75 Å². The third-order valence-corrected chi connectivity index (χ3v) is 9.09. The van der Waals surface area contributed by atoms with Crippen molar-refractivity contribution in [2.75, 3.05) is 18.2 Å². The number of nitrogens with one attached hydrogen (secondary N) is 2. The van der Waals surface area contributed by atoms with Gasteiger partial charge < -0.3 is 35.1 Å². The Hall–Kier alpha value is -5.28. The van der Waals surface area contributed by atoms with Crippen molar-refractivity contribution in [1.82, 2.24) is 25.5 Å². The lowest BCUT2D eigenvalue weighted by Gasteiger charge is -2.36. The number of aliphatic hydroxyl groups excluding tert-OH is 1. The number of phenols is 1. The molecule has 13 nitrogen and oxygen atoms in total. The number of tetrazole rings is 1. The lowest BCUT2D eigenvalue weighted by atomic mass is 10.0. The Kier molecular flexibility index (Phi) is 11.4. The minimum atomic E-state index is -0.887. The zero-order valence-corrected chi connectivity index (χ0v) is 27.9. The smallest absolute Gasteiger partial charge is 0.328 e. The molecule has 0 radical (unpaired) electrons. The highest BCUT2D eigenvalue weighted by molar-refractivity contribution is 7.99. The minimum absolute atomic E-state index is 0.0629. The number of methoxy groups -OCH3 is 1. The topological polar surface area (TPSA) is 170 Å². The van der Waals surface area contributed by atoms with Crippen molar-refractivity contribution < 1.29 is 34.0 Å². The first-order chi connectivity index (χ1) is 24.4. The van der Waals surface area contributed by atoms with E-state index in [0.29, 0.717) is 34.3 Å². The van der Waals surface area contributed by atoms with Crippen LogP contribution in [0.1, 0.15) is 41.1 Å². The van der Waals surface area contributed by atoms with Gasteiger partial charge in [-0.05, 0) is 63.5 Å². The summed E-state index contributed by atoms with van der Waals surface area (Å²) in [6, 6.07) is 29.2. The van der Waals surface area contributed by atoms with Gasteiger partial charge in [0.25, 0.3) is 0 Å². The third kappa shape index (κ3) is 8.84. The molecule has 0 unspecified atom stereocenters. The number of aliphatic hydroxyl groups is 1. The highest BCUT2D eigenvalue weighted by Crippen LogP contribution is 2.40. The van der Waals surface area contributed by atoms with Crippen LogP contribution in [0.15, 0.2) is 108 Å². The number of carbonyl (C=O) groups is 2. The van der Waals surface area contributed by atoms with Crippen LogP contribution in [-0.4, -0.2) is 67.4 Å². The Balaban J connectivity index is 1.17. The molecule has 0 aliphatic carbocycles. The van der Waals surface area contributed by atoms with Crippen molar-refractivity contribution in [3.63, 3.8) is 0 Å². The summed E-state index contributed by atoms with van der Waals surface area (Å²) in [5, 5.41) is 37.5. The number of hydrogen-bond donors (Lipinski definition) is 4. The predicted molar refractivity (Wildman–Crippen MR) is 185 cm³/mol. The number of aromatic nitrogens is 4. The summed E-state index contributed by atoms with van der Waals surface area (Å²) in [5.41, 5.74) is 4.46. The summed E-state index contributed by atoms with van der Waals surface area (Å²) in [4.78, 5) is 25.5. The molecule has 4 aromatic carbocycles. The molecular weight excluding hydrogens is 660 g/mol. The van der Waals surface area contributed by atoms with E-state index in [2.05, 4.69) is 26.2 Å². The van der Waals surface area contributed by atoms with Crippen LogP contribution in [-0.2, 0) is 32.0 Å². The average Bonchev–Trinajstić information content (AvgIpc) is 3.63. The van der Waals surface area contributed by atoms with E-state index in [0.717, 1.165) is 16.7 Å². The number of carbonyl (C=O) groups excluding carboxylic acids is 2. The van der Waals surface area contributed by atoms with Crippen molar-refractivity contribution in [2.45, 2.75) is 49.1 Å². The van der Waals surface area contributed by atoms with Crippen molar-refractivity contribution in [3.8, 4) is 11.4 Å².